The summed E-state index contributed by atoms with van der Waals surface area (Å²) in [6, 6.07) is 0. The SMILES string of the molecule is COCCN(C)c1ncc2ncc(=O)n(C)c2n1. The van der Waals surface area contributed by atoms with Crippen LogP contribution in [-0.2, 0) is 11.8 Å². The van der Waals surface area contributed by atoms with Gasteiger partial charge in [-0.1, -0.05) is 0 Å². The average molecular weight is 249 g/mol. The lowest BCUT2D eigenvalue weighted by Gasteiger charge is -2.16. The van der Waals surface area contributed by atoms with Gasteiger partial charge in [-0.2, -0.15) is 4.98 Å². The van der Waals surface area contributed by atoms with E-state index in [2.05, 4.69) is 15.0 Å². The highest BCUT2D eigenvalue weighted by atomic mass is 16.5. The summed E-state index contributed by atoms with van der Waals surface area (Å²) in [6.07, 6.45) is 2.88. The average Bonchev–Trinajstić information content (AvgIpc) is 2.40. The molecule has 2 aromatic rings. The fourth-order valence-corrected chi connectivity index (χ4v) is 1.52. The van der Waals surface area contributed by atoms with E-state index in [1.54, 1.807) is 20.4 Å². The van der Waals surface area contributed by atoms with Crippen LogP contribution in [0.2, 0.25) is 0 Å². The second-order valence-corrected chi connectivity index (χ2v) is 3.95. The molecule has 0 aliphatic carbocycles. The lowest BCUT2D eigenvalue weighted by molar-refractivity contribution is 0.206. The monoisotopic (exact) mass is 249 g/mol. The Kier molecular flexibility index (Phi) is 3.52. The number of hydrogen-bond donors (Lipinski definition) is 0. The lowest BCUT2D eigenvalue weighted by atomic mass is 10.5. The predicted molar refractivity (Wildman–Crippen MR) is 67.7 cm³/mol. The van der Waals surface area contributed by atoms with Gasteiger partial charge in [0.1, 0.15) is 5.52 Å². The second kappa shape index (κ2) is 5.09. The van der Waals surface area contributed by atoms with E-state index < -0.39 is 0 Å². The first-order chi connectivity index (χ1) is 8.63. The number of methoxy groups -OCH3 is 1. The van der Waals surface area contributed by atoms with Crippen molar-refractivity contribution in [2.45, 2.75) is 0 Å². The standard InChI is InChI=1S/C11H15N5O2/c1-15(4-5-18-3)11-13-6-8-10(14-11)16(2)9(17)7-12-8/h6-7H,4-5H2,1-3H3. The number of aromatic nitrogens is 4. The first kappa shape index (κ1) is 12.4. The first-order valence-corrected chi connectivity index (χ1v) is 5.52. The summed E-state index contributed by atoms with van der Waals surface area (Å²) in [5, 5.41) is 0. The van der Waals surface area contributed by atoms with Crippen LogP contribution in [0.15, 0.2) is 17.2 Å². The van der Waals surface area contributed by atoms with Crippen LogP contribution in [-0.4, -0.2) is 46.8 Å². The van der Waals surface area contributed by atoms with E-state index in [4.69, 9.17) is 4.74 Å². The Hall–Kier alpha value is -2.02. The minimum atomic E-state index is -0.188. The molecule has 0 N–H and O–H groups in total. The Balaban J connectivity index is 2.43. The largest absolute Gasteiger partial charge is 0.383 e. The zero-order valence-electron chi connectivity index (χ0n) is 10.6. The number of aryl methyl sites for hydroxylation is 1. The highest BCUT2D eigenvalue weighted by molar-refractivity contribution is 5.69. The van der Waals surface area contributed by atoms with Gasteiger partial charge in [0.05, 0.1) is 19.0 Å². The quantitative estimate of drug-likeness (QED) is 0.747. The van der Waals surface area contributed by atoms with Gasteiger partial charge in [-0.15, -0.1) is 0 Å². The Morgan fingerprint density at radius 1 is 1.39 bits per heavy atom. The molecule has 0 unspecified atom stereocenters. The molecule has 0 radical (unpaired) electrons. The molecule has 0 fully saturated rings. The maximum Gasteiger partial charge on any atom is 0.270 e. The molecule has 7 nitrogen and oxygen atoms in total. The topological polar surface area (TPSA) is 73.1 Å². The Morgan fingerprint density at radius 2 is 2.17 bits per heavy atom. The molecule has 2 aromatic heterocycles. The van der Waals surface area contributed by atoms with E-state index in [1.807, 2.05) is 11.9 Å². The third-order valence-corrected chi connectivity index (χ3v) is 2.67. The molecule has 0 aromatic carbocycles. The van der Waals surface area contributed by atoms with Gasteiger partial charge in [0.25, 0.3) is 5.56 Å². The van der Waals surface area contributed by atoms with Crippen LogP contribution in [0.5, 0.6) is 0 Å². The van der Waals surface area contributed by atoms with E-state index >= 15 is 0 Å². The molecule has 0 aliphatic rings. The van der Waals surface area contributed by atoms with Gasteiger partial charge < -0.3 is 9.64 Å². The van der Waals surface area contributed by atoms with Gasteiger partial charge in [-0.25, -0.2) is 9.97 Å². The molecule has 7 heteroatoms. The maximum atomic E-state index is 11.5. The van der Waals surface area contributed by atoms with Crippen molar-refractivity contribution >= 4 is 17.1 Å². The Morgan fingerprint density at radius 3 is 2.89 bits per heavy atom. The fourth-order valence-electron chi connectivity index (χ4n) is 1.52. The van der Waals surface area contributed by atoms with E-state index in [0.717, 1.165) is 0 Å². The number of ether oxygens (including phenoxy) is 1. The smallest absolute Gasteiger partial charge is 0.270 e. The number of hydrogen-bond acceptors (Lipinski definition) is 6. The van der Waals surface area contributed by atoms with Gasteiger partial charge in [-0.3, -0.25) is 9.36 Å². The number of fused-ring (bicyclic) bond motifs is 1. The highest BCUT2D eigenvalue weighted by Crippen LogP contribution is 2.09. The third kappa shape index (κ3) is 2.30. The normalized spacial score (nSPS) is 10.8. The van der Waals surface area contributed by atoms with Crippen molar-refractivity contribution in [3.63, 3.8) is 0 Å². The van der Waals surface area contributed by atoms with Crippen LogP contribution < -0.4 is 10.5 Å². The van der Waals surface area contributed by atoms with Crippen molar-refractivity contribution in [3.05, 3.63) is 22.7 Å². The Bertz CT molecular complexity index is 610. The molecule has 0 saturated heterocycles. The van der Waals surface area contributed by atoms with Crippen LogP contribution >= 0.6 is 0 Å². The Labute approximate surface area is 104 Å². The van der Waals surface area contributed by atoms with Crippen LogP contribution in [0.3, 0.4) is 0 Å². The van der Waals surface area contributed by atoms with Crippen LogP contribution in [0.4, 0.5) is 5.95 Å². The van der Waals surface area contributed by atoms with Crippen molar-refractivity contribution in [1.29, 1.82) is 0 Å². The highest BCUT2D eigenvalue weighted by Gasteiger charge is 2.08. The summed E-state index contributed by atoms with van der Waals surface area (Å²) in [4.78, 5) is 25.9. The third-order valence-electron chi connectivity index (χ3n) is 2.67. The van der Waals surface area contributed by atoms with Crippen LogP contribution in [0, 0.1) is 0 Å². The molecule has 0 bridgehead atoms. The summed E-state index contributed by atoms with van der Waals surface area (Å²) in [5.74, 6) is 0.544. The molecular weight excluding hydrogens is 234 g/mol. The van der Waals surface area contributed by atoms with Crippen molar-refractivity contribution in [2.24, 2.45) is 7.05 Å². The van der Waals surface area contributed by atoms with Crippen molar-refractivity contribution in [2.75, 3.05) is 32.2 Å². The predicted octanol–water partition coefficient (Wildman–Crippen LogP) is -0.194. The zero-order valence-corrected chi connectivity index (χ0v) is 10.6. The summed E-state index contributed by atoms with van der Waals surface area (Å²) in [5.41, 5.74) is 0.935. The molecule has 0 amide bonds. The van der Waals surface area contributed by atoms with Gasteiger partial charge >= 0.3 is 0 Å². The maximum absolute atomic E-state index is 11.5. The summed E-state index contributed by atoms with van der Waals surface area (Å²) in [7, 11) is 5.18. The zero-order chi connectivity index (χ0) is 13.1. The van der Waals surface area contributed by atoms with E-state index in [9.17, 15) is 4.79 Å². The summed E-state index contributed by atoms with van der Waals surface area (Å²) >= 11 is 0. The summed E-state index contributed by atoms with van der Waals surface area (Å²) < 4.78 is 6.46. The number of anilines is 1. The molecule has 18 heavy (non-hydrogen) atoms. The number of nitrogens with zero attached hydrogens (tertiary/aromatic N) is 5. The van der Waals surface area contributed by atoms with Gasteiger partial charge in [0.2, 0.25) is 5.95 Å². The van der Waals surface area contributed by atoms with Gasteiger partial charge in [-0.05, 0) is 0 Å². The molecule has 0 aliphatic heterocycles. The van der Waals surface area contributed by atoms with E-state index in [0.29, 0.717) is 30.3 Å². The molecule has 0 spiro atoms. The lowest BCUT2D eigenvalue weighted by Crippen LogP contribution is -2.25. The fraction of sp³-hybridized carbons (Fsp3) is 0.455. The number of likely N-dealkylation sites (N-methyl/N-ethyl adjacent to an activating group) is 1. The van der Waals surface area contributed by atoms with Crippen molar-refractivity contribution in [3.8, 4) is 0 Å². The summed E-state index contributed by atoms with van der Waals surface area (Å²) in [6.45, 7) is 1.26. The molecule has 0 saturated carbocycles. The van der Waals surface area contributed by atoms with E-state index in [-0.39, 0.29) is 5.56 Å². The molecule has 96 valence electrons. The molecule has 2 rings (SSSR count). The first-order valence-electron chi connectivity index (χ1n) is 5.52. The molecular formula is C11H15N5O2. The van der Waals surface area contributed by atoms with Gasteiger partial charge in [0, 0.05) is 27.7 Å². The molecule has 0 atom stereocenters. The number of rotatable bonds is 4. The second-order valence-electron chi connectivity index (χ2n) is 3.95. The minimum Gasteiger partial charge on any atom is -0.383 e. The van der Waals surface area contributed by atoms with Gasteiger partial charge in [0.15, 0.2) is 5.65 Å². The van der Waals surface area contributed by atoms with Crippen molar-refractivity contribution in [1.82, 2.24) is 19.5 Å². The van der Waals surface area contributed by atoms with Crippen molar-refractivity contribution < 1.29 is 4.74 Å². The minimum absolute atomic E-state index is 0.188. The van der Waals surface area contributed by atoms with Crippen LogP contribution in [0.1, 0.15) is 0 Å². The van der Waals surface area contributed by atoms with Crippen LogP contribution in [0.25, 0.3) is 11.2 Å². The van der Waals surface area contributed by atoms with E-state index in [1.165, 1.54) is 10.8 Å². The molecule has 2 heterocycles.